The number of nitrogens with one attached hydrogen (secondary N) is 1. The first-order valence-corrected chi connectivity index (χ1v) is 6.08. The topological polar surface area (TPSA) is 50.7 Å². The fraction of sp³-hybridized carbons (Fsp3) is 0.300. The third-order valence-corrected chi connectivity index (χ3v) is 3.14. The summed E-state index contributed by atoms with van der Waals surface area (Å²) in [7, 11) is 0. The molecule has 1 N–H and O–H groups in total. The second kappa shape index (κ2) is 4.76. The number of thiazole rings is 1. The van der Waals surface area contributed by atoms with Crippen LogP contribution >= 0.6 is 22.9 Å². The number of halogens is 1. The first kappa shape index (κ1) is 11.3. The second-order valence-corrected chi connectivity index (χ2v) is 4.67. The summed E-state index contributed by atoms with van der Waals surface area (Å²) < 4.78 is 0. The predicted molar refractivity (Wildman–Crippen MR) is 65.9 cm³/mol. The zero-order valence-corrected chi connectivity index (χ0v) is 10.5. The second-order valence-electron chi connectivity index (χ2n) is 3.36. The molecule has 0 spiro atoms. The minimum absolute atomic E-state index is 0.116. The van der Waals surface area contributed by atoms with Gasteiger partial charge in [0.15, 0.2) is 0 Å². The molecule has 1 unspecified atom stereocenters. The van der Waals surface area contributed by atoms with Gasteiger partial charge in [0, 0.05) is 17.6 Å². The Balaban J connectivity index is 2.15. The Morgan fingerprint density at radius 3 is 2.88 bits per heavy atom. The molecule has 0 bridgehead atoms. The first-order chi connectivity index (χ1) is 7.65. The van der Waals surface area contributed by atoms with Crippen molar-refractivity contribution < 1.29 is 0 Å². The molecule has 2 aromatic rings. The summed E-state index contributed by atoms with van der Waals surface area (Å²) in [5, 5.41) is 6.65. The molecule has 1 atom stereocenters. The van der Waals surface area contributed by atoms with Crippen molar-refractivity contribution in [1.82, 2.24) is 15.0 Å². The molecular formula is C10H11ClN4S. The van der Waals surface area contributed by atoms with Crippen LogP contribution in [-0.4, -0.2) is 15.0 Å². The van der Waals surface area contributed by atoms with Gasteiger partial charge in [-0.3, -0.25) is 0 Å². The summed E-state index contributed by atoms with van der Waals surface area (Å²) in [5.41, 5.74) is 0. The predicted octanol–water partition coefficient (Wildman–Crippen LogP) is 3.07. The van der Waals surface area contributed by atoms with Gasteiger partial charge in [-0.15, -0.1) is 11.3 Å². The normalized spacial score (nSPS) is 12.4. The van der Waals surface area contributed by atoms with E-state index in [1.54, 1.807) is 23.6 Å². The van der Waals surface area contributed by atoms with Crippen molar-refractivity contribution >= 4 is 28.8 Å². The summed E-state index contributed by atoms with van der Waals surface area (Å²) in [6.07, 6.45) is 1.79. The Morgan fingerprint density at radius 1 is 1.44 bits per heavy atom. The van der Waals surface area contributed by atoms with E-state index in [-0.39, 0.29) is 6.04 Å². The lowest BCUT2D eigenvalue weighted by Crippen LogP contribution is -2.08. The fourth-order valence-corrected chi connectivity index (χ4v) is 2.21. The van der Waals surface area contributed by atoms with Crippen LogP contribution in [0.4, 0.5) is 5.82 Å². The highest BCUT2D eigenvalue weighted by atomic mass is 35.5. The maximum Gasteiger partial charge on any atom is 0.134 e. The van der Waals surface area contributed by atoms with Crippen LogP contribution in [0.25, 0.3) is 0 Å². The van der Waals surface area contributed by atoms with Gasteiger partial charge in [0.2, 0.25) is 0 Å². The standard InChI is InChI=1S/C10H11ClN4S/c1-6(10-12-3-4-16-10)13-9-5-8(11)14-7(2)15-9/h3-6H,1-2H3,(H,13,14,15). The highest BCUT2D eigenvalue weighted by Crippen LogP contribution is 2.20. The molecule has 2 aromatic heterocycles. The van der Waals surface area contributed by atoms with Crippen molar-refractivity contribution in [3.8, 4) is 0 Å². The zero-order valence-electron chi connectivity index (χ0n) is 8.94. The van der Waals surface area contributed by atoms with Crippen LogP contribution in [0.2, 0.25) is 5.15 Å². The average Bonchev–Trinajstić information content (AvgIpc) is 2.68. The van der Waals surface area contributed by atoms with Gasteiger partial charge in [-0.25, -0.2) is 15.0 Å². The Kier molecular flexibility index (Phi) is 3.36. The highest BCUT2D eigenvalue weighted by Gasteiger charge is 2.09. The number of nitrogens with zero attached hydrogens (tertiary/aromatic N) is 3. The first-order valence-electron chi connectivity index (χ1n) is 4.82. The molecular weight excluding hydrogens is 244 g/mol. The van der Waals surface area contributed by atoms with E-state index in [1.807, 2.05) is 19.2 Å². The molecule has 0 saturated heterocycles. The van der Waals surface area contributed by atoms with Crippen LogP contribution < -0.4 is 5.32 Å². The number of aryl methyl sites for hydroxylation is 1. The van der Waals surface area contributed by atoms with E-state index in [0.29, 0.717) is 11.0 Å². The minimum Gasteiger partial charge on any atom is -0.361 e. The van der Waals surface area contributed by atoms with E-state index >= 15 is 0 Å². The van der Waals surface area contributed by atoms with E-state index in [1.165, 1.54) is 0 Å². The third-order valence-electron chi connectivity index (χ3n) is 1.99. The summed E-state index contributed by atoms with van der Waals surface area (Å²) >= 11 is 7.46. The van der Waals surface area contributed by atoms with E-state index < -0.39 is 0 Å². The van der Waals surface area contributed by atoms with Gasteiger partial charge in [0.05, 0.1) is 6.04 Å². The molecule has 0 radical (unpaired) electrons. The molecule has 0 aromatic carbocycles. The van der Waals surface area contributed by atoms with E-state index in [2.05, 4.69) is 20.3 Å². The highest BCUT2D eigenvalue weighted by molar-refractivity contribution is 7.09. The summed E-state index contributed by atoms with van der Waals surface area (Å²) in [4.78, 5) is 12.5. The van der Waals surface area contributed by atoms with E-state index in [4.69, 9.17) is 11.6 Å². The van der Waals surface area contributed by atoms with Crippen LogP contribution in [0.3, 0.4) is 0 Å². The monoisotopic (exact) mass is 254 g/mol. The molecule has 0 aliphatic rings. The summed E-state index contributed by atoms with van der Waals surface area (Å²) in [5.74, 6) is 1.38. The fourth-order valence-electron chi connectivity index (χ4n) is 1.34. The average molecular weight is 255 g/mol. The van der Waals surface area contributed by atoms with Gasteiger partial charge < -0.3 is 5.32 Å². The van der Waals surface area contributed by atoms with Crippen molar-refractivity contribution in [1.29, 1.82) is 0 Å². The van der Waals surface area contributed by atoms with E-state index in [9.17, 15) is 0 Å². The maximum absolute atomic E-state index is 5.85. The summed E-state index contributed by atoms with van der Waals surface area (Å²) in [6, 6.07) is 1.82. The Hall–Kier alpha value is -1.20. The SMILES string of the molecule is Cc1nc(Cl)cc(NC(C)c2nccs2)n1. The molecule has 84 valence electrons. The number of hydrogen-bond acceptors (Lipinski definition) is 5. The van der Waals surface area contributed by atoms with Gasteiger partial charge in [0.25, 0.3) is 0 Å². The molecule has 0 amide bonds. The third kappa shape index (κ3) is 2.68. The number of aromatic nitrogens is 3. The Morgan fingerprint density at radius 2 is 2.25 bits per heavy atom. The Bertz CT molecular complexity index is 451. The smallest absolute Gasteiger partial charge is 0.134 e. The van der Waals surface area contributed by atoms with Crippen LogP contribution in [0.5, 0.6) is 0 Å². The minimum atomic E-state index is 0.116. The number of rotatable bonds is 3. The van der Waals surface area contributed by atoms with Crippen LogP contribution in [0.15, 0.2) is 17.6 Å². The molecule has 6 heteroatoms. The van der Waals surface area contributed by atoms with Crippen LogP contribution in [0.1, 0.15) is 23.8 Å². The van der Waals surface area contributed by atoms with Crippen molar-refractivity contribution in [2.75, 3.05) is 5.32 Å². The van der Waals surface area contributed by atoms with Crippen molar-refractivity contribution in [3.05, 3.63) is 33.6 Å². The van der Waals surface area contributed by atoms with Gasteiger partial charge >= 0.3 is 0 Å². The zero-order chi connectivity index (χ0) is 11.5. The molecule has 0 aliphatic carbocycles. The number of anilines is 1. The number of hydrogen-bond donors (Lipinski definition) is 1. The lowest BCUT2D eigenvalue weighted by atomic mass is 10.3. The van der Waals surface area contributed by atoms with Gasteiger partial charge in [-0.2, -0.15) is 0 Å². The largest absolute Gasteiger partial charge is 0.361 e. The van der Waals surface area contributed by atoms with Crippen LogP contribution in [-0.2, 0) is 0 Å². The maximum atomic E-state index is 5.85. The molecule has 2 rings (SSSR count). The summed E-state index contributed by atoms with van der Waals surface area (Å²) in [6.45, 7) is 3.84. The quantitative estimate of drug-likeness (QED) is 0.856. The van der Waals surface area contributed by atoms with Crippen molar-refractivity contribution in [2.45, 2.75) is 19.9 Å². The van der Waals surface area contributed by atoms with Gasteiger partial charge in [-0.05, 0) is 13.8 Å². The molecule has 2 heterocycles. The molecule has 0 aliphatic heterocycles. The molecule has 4 nitrogen and oxygen atoms in total. The van der Waals surface area contributed by atoms with Gasteiger partial charge in [0.1, 0.15) is 21.8 Å². The van der Waals surface area contributed by atoms with Gasteiger partial charge in [-0.1, -0.05) is 11.6 Å². The van der Waals surface area contributed by atoms with E-state index in [0.717, 1.165) is 10.8 Å². The van der Waals surface area contributed by atoms with Crippen molar-refractivity contribution in [2.24, 2.45) is 0 Å². The van der Waals surface area contributed by atoms with Crippen molar-refractivity contribution in [3.63, 3.8) is 0 Å². The lowest BCUT2D eigenvalue weighted by Gasteiger charge is -2.12. The molecule has 0 saturated carbocycles. The Labute approximate surface area is 103 Å². The lowest BCUT2D eigenvalue weighted by molar-refractivity contribution is 0.854. The molecule has 16 heavy (non-hydrogen) atoms. The van der Waals surface area contributed by atoms with Crippen LogP contribution in [0, 0.1) is 6.92 Å². The molecule has 0 fully saturated rings.